The summed E-state index contributed by atoms with van der Waals surface area (Å²) in [5, 5.41) is 9.19. The van der Waals surface area contributed by atoms with E-state index in [-0.39, 0.29) is 11.7 Å². The maximum atomic E-state index is 12.7. The molecular formula is C17H17N5O3. The fourth-order valence-corrected chi connectivity index (χ4v) is 2.81. The van der Waals surface area contributed by atoms with Gasteiger partial charge in [-0.1, -0.05) is 30.3 Å². The van der Waals surface area contributed by atoms with Crippen molar-refractivity contribution >= 4 is 5.91 Å². The Morgan fingerprint density at radius 3 is 2.80 bits per heavy atom. The van der Waals surface area contributed by atoms with Gasteiger partial charge in [-0.15, -0.1) is 0 Å². The topological polar surface area (TPSA) is 117 Å². The highest BCUT2D eigenvalue weighted by Gasteiger charge is 2.33. The van der Waals surface area contributed by atoms with Crippen molar-refractivity contribution in [2.45, 2.75) is 31.2 Å². The van der Waals surface area contributed by atoms with Gasteiger partial charge in [0, 0.05) is 5.92 Å². The molecule has 0 bridgehead atoms. The molecule has 1 atom stereocenters. The van der Waals surface area contributed by atoms with Crippen LogP contribution in [0.3, 0.4) is 0 Å². The summed E-state index contributed by atoms with van der Waals surface area (Å²) in [5.41, 5.74) is 1.30. The first kappa shape index (κ1) is 15.4. The molecule has 1 fully saturated rings. The summed E-state index contributed by atoms with van der Waals surface area (Å²) < 4.78 is 5.30. The summed E-state index contributed by atoms with van der Waals surface area (Å²) in [5.74, 6) is 0.551. The van der Waals surface area contributed by atoms with Crippen molar-refractivity contribution in [1.29, 1.82) is 0 Å². The lowest BCUT2D eigenvalue weighted by Crippen LogP contribution is -2.31. The summed E-state index contributed by atoms with van der Waals surface area (Å²) in [6.07, 6.45) is 3.82. The third-order valence-corrected chi connectivity index (χ3v) is 4.20. The van der Waals surface area contributed by atoms with E-state index >= 15 is 0 Å². The second-order valence-electron chi connectivity index (χ2n) is 6.12. The Bertz CT molecular complexity index is 923. The van der Waals surface area contributed by atoms with Crippen LogP contribution in [0.5, 0.6) is 0 Å². The fraction of sp³-hybridized carbons (Fsp3) is 0.294. The van der Waals surface area contributed by atoms with Crippen LogP contribution in [0, 0.1) is 0 Å². The Hall–Kier alpha value is -3.16. The lowest BCUT2D eigenvalue weighted by atomic mass is 10.1. The average Bonchev–Trinajstić information content (AvgIpc) is 3.17. The maximum Gasteiger partial charge on any atom is 0.340 e. The lowest BCUT2D eigenvalue weighted by molar-refractivity contribution is 0.0905. The predicted molar refractivity (Wildman–Crippen MR) is 88.0 cm³/mol. The smallest absolute Gasteiger partial charge is 0.340 e. The molecule has 8 heteroatoms. The van der Waals surface area contributed by atoms with Crippen LogP contribution in [-0.2, 0) is 6.42 Å². The largest absolute Gasteiger partial charge is 0.438 e. The van der Waals surface area contributed by atoms with Crippen molar-refractivity contribution in [3.8, 4) is 0 Å². The molecule has 0 aliphatic heterocycles. The van der Waals surface area contributed by atoms with E-state index in [9.17, 15) is 9.59 Å². The number of aromatic nitrogens is 4. The third kappa shape index (κ3) is 3.37. The molecule has 3 N–H and O–H groups in total. The highest BCUT2D eigenvalue weighted by Crippen LogP contribution is 2.40. The number of H-pyrrole nitrogens is 2. The van der Waals surface area contributed by atoms with Gasteiger partial charge in [-0.25, -0.2) is 14.9 Å². The second-order valence-corrected chi connectivity index (χ2v) is 6.12. The van der Waals surface area contributed by atoms with E-state index in [1.54, 1.807) is 0 Å². The van der Waals surface area contributed by atoms with Crippen LogP contribution in [0.4, 0.5) is 0 Å². The normalized spacial score (nSPS) is 15.0. The number of rotatable bonds is 6. The number of benzene rings is 1. The predicted octanol–water partition coefficient (Wildman–Crippen LogP) is 1.68. The first-order valence-electron chi connectivity index (χ1n) is 8.13. The standard InChI is InChI=1S/C17H17N5O3/c23-16(14-13(11-6-7-11)18-9-25-14)19-12(15-20-17(24)22-21-15)8-10-4-2-1-3-5-10/h1-5,9,11-12H,6-8H2,(H,19,23)(H2,20,21,22,24)/t12-/m1/s1. The molecule has 0 radical (unpaired) electrons. The molecule has 8 nitrogen and oxygen atoms in total. The van der Waals surface area contributed by atoms with Crippen LogP contribution in [-0.4, -0.2) is 26.1 Å². The van der Waals surface area contributed by atoms with Crippen LogP contribution in [0.2, 0.25) is 0 Å². The van der Waals surface area contributed by atoms with Gasteiger partial charge in [0.05, 0.1) is 11.7 Å². The number of amides is 1. The monoisotopic (exact) mass is 339 g/mol. The number of carbonyl (C=O) groups excluding carboxylic acids is 1. The average molecular weight is 339 g/mol. The van der Waals surface area contributed by atoms with Crippen molar-refractivity contribution in [2.24, 2.45) is 0 Å². The van der Waals surface area contributed by atoms with Crippen molar-refractivity contribution in [3.63, 3.8) is 0 Å². The molecule has 1 aromatic carbocycles. The first-order valence-corrected chi connectivity index (χ1v) is 8.13. The summed E-state index contributed by atoms with van der Waals surface area (Å²) >= 11 is 0. The molecule has 2 heterocycles. The zero-order valence-corrected chi connectivity index (χ0v) is 13.4. The zero-order chi connectivity index (χ0) is 17.2. The summed E-state index contributed by atoms with van der Waals surface area (Å²) in [6, 6.07) is 9.17. The number of hydrogen-bond acceptors (Lipinski definition) is 5. The van der Waals surface area contributed by atoms with Crippen molar-refractivity contribution in [2.75, 3.05) is 0 Å². The van der Waals surface area contributed by atoms with E-state index < -0.39 is 11.7 Å². The van der Waals surface area contributed by atoms with E-state index in [0.717, 1.165) is 18.4 Å². The number of nitrogens with zero attached hydrogens (tertiary/aromatic N) is 2. The van der Waals surface area contributed by atoms with E-state index in [2.05, 4.69) is 25.5 Å². The molecule has 1 saturated carbocycles. The molecule has 25 heavy (non-hydrogen) atoms. The number of carbonyl (C=O) groups is 1. The Labute approximate surface area is 142 Å². The number of hydrogen-bond donors (Lipinski definition) is 3. The summed E-state index contributed by atoms with van der Waals surface area (Å²) in [4.78, 5) is 30.8. The van der Waals surface area contributed by atoms with E-state index in [1.807, 2.05) is 30.3 Å². The van der Waals surface area contributed by atoms with Gasteiger partial charge < -0.3 is 9.73 Å². The lowest BCUT2D eigenvalue weighted by Gasteiger charge is -2.16. The Balaban J connectivity index is 1.58. The van der Waals surface area contributed by atoms with Crippen LogP contribution in [0.15, 0.2) is 45.9 Å². The van der Waals surface area contributed by atoms with Crippen molar-refractivity contribution in [1.82, 2.24) is 25.5 Å². The Morgan fingerprint density at radius 1 is 1.32 bits per heavy atom. The summed E-state index contributed by atoms with van der Waals surface area (Å²) in [6.45, 7) is 0. The number of oxazole rings is 1. The zero-order valence-electron chi connectivity index (χ0n) is 13.4. The van der Waals surface area contributed by atoms with E-state index in [0.29, 0.717) is 23.9 Å². The molecule has 4 rings (SSSR count). The maximum absolute atomic E-state index is 12.7. The number of aromatic amines is 2. The van der Waals surface area contributed by atoms with Crippen LogP contribution < -0.4 is 11.0 Å². The van der Waals surface area contributed by atoms with Crippen molar-refractivity contribution < 1.29 is 9.21 Å². The van der Waals surface area contributed by atoms with Gasteiger partial charge in [-0.05, 0) is 24.8 Å². The van der Waals surface area contributed by atoms with Crippen molar-refractivity contribution in [3.05, 3.63) is 70.1 Å². The molecule has 1 aliphatic carbocycles. The third-order valence-electron chi connectivity index (χ3n) is 4.20. The van der Waals surface area contributed by atoms with Gasteiger partial charge in [-0.3, -0.25) is 9.78 Å². The quantitative estimate of drug-likeness (QED) is 0.632. The van der Waals surface area contributed by atoms with Gasteiger partial charge >= 0.3 is 5.69 Å². The summed E-state index contributed by atoms with van der Waals surface area (Å²) in [7, 11) is 0. The van der Waals surface area contributed by atoms with Gasteiger partial charge in [0.1, 0.15) is 0 Å². The minimum absolute atomic E-state index is 0.235. The molecule has 128 valence electrons. The molecule has 0 saturated heterocycles. The minimum Gasteiger partial charge on any atom is -0.438 e. The highest BCUT2D eigenvalue weighted by molar-refractivity contribution is 5.93. The molecule has 2 aromatic heterocycles. The van der Waals surface area contributed by atoms with Gasteiger partial charge in [-0.2, -0.15) is 5.10 Å². The number of nitrogens with one attached hydrogen (secondary N) is 3. The van der Waals surface area contributed by atoms with Gasteiger partial charge in [0.25, 0.3) is 5.91 Å². The van der Waals surface area contributed by atoms with E-state index in [1.165, 1.54) is 6.39 Å². The molecule has 1 amide bonds. The van der Waals surface area contributed by atoms with Gasteiger partial charge in [0.2, 0.25) is 5.76 Å². The van der Waals surface area contributed by atoms with Crippen LogP contribution >= 0.6 is 0 Å². The highest BCUT2D eigenvalue weighted by atomic mass is 16.3. The molecule has 3 aromatic rings. The molecule has 1 aliphatic rings. The van der Waals surface area contributed by atoms with Gasteiger partial charge in [0.15, 0.2) is 12.2 Å². The van der Waals surface area contributed by atoms with Crippen LogP contribution in [0.1, 0.15) is 52.4 Å². The van der Waals surface area contributed by atoms with E-state index in [4.69, 9.17) is 4.42 Å². The van der Waals surface area contributed by atoms with Crippen LogP contribution in [0.25, 0.3) is 0 Å². The molecule has 0 unspecified atom stereocenters. The minimum atomic E-state index is -0.494. The Morgan fingerprint density at radius 2 is 2.12 bits per heavy atom. The second kappa shape index (κ2) is 6.39. The molecule has 0 spiro atoms. The molecular weight excluding hydrogens is 322 g/mol. The Kier molecular flexibility index (Phi) is 3.93. The fourth-order valence-electron chi connectivity index (χ4n) is 2.81. The first-order chi connectivity index (χ1) is 12.2. The SMILES string of the molecule is O=C(N[C@H](Cc1ccccc1)c1n[nH]c(=O)[nH]1)c1ocnc1C1CC1.